The molecule has 0 bridgehead atoms. The van der Waals surface area contributed by atoms with E-state index in [0.29, 0.717) is 5.56 Å². The summed E-state index contributed by atoms with van der Waals surface area (Å²) in [4.78, 5) is 25.3. The molecule has 2 aromatic heterocycles. The van der Waals surface area contributed by atoms with Crippen molar-refractivity contribution in [1.29, 1.82) is 0 Å². The van der Waals surface area contributed by atoms with Gasteiger partial charge in [0, 0.05) is 22.2 Å². The molecule has 2 heterocycles. The van der Waals surface area contributed by atoms with Crippen LogP contribution in [0.3, 0.4) is 0 Å². The first-order valence-electron chi connectivity index (χ1n) is 4.59. The maximum atomic E-state index is 11.2. The molecular weight excluding hydrogens is 226 g/mol. The number of rotatable bonds is 2. The minimum absolute atomic E-state index is 0.138. The normalized spacial score (nSPS) is 10.3. The van der Waals surface area contributed by atoms with Crippen molar-refractivity contribution in [3.63, 3.8) is 0 Å². The van der Waals surface area contributed by atoms with Gasteiger partial charge in [0.25, 0.3) is 5.56 Å². The van der Waals surface area contributed by atoms with E-state index in [9.17, 15) is 14.7 Å². The van der Waals surface area contributed by atoms with Crippen LogP contribution in [0.2, 0.25) is 0 Å². The molecule has 2 aromatic rings. The number of aryl methyl sites for hydroxylation is 1. The van der Waals surface area contributed by atoms with Crippen LogP contribution in [-0.4, -0.2) is 11.0 Å². The molecule has 0 aromatic carbocycles. The van der Waals surface area contributed by atoms with Gasteiger partial charge in [-0.2, -0.15) is 0 Å². The van der Waals surface area contributed by atoms with Gasteiger partial charge in [0.1, 0.15) is 0 Å². The van der Waals surface area contributed by atoms with Gasteiger partial charge in [-0.05, 0) is 25.1 Å². The average Bonchev–Trinajstić information content (AvgIpc) is 2.71. The van der Waals surface area contributed by atoms with Crippen LogP contribution in [0.4, 0.5) is 0 Å². The molecule has 0 spiro atoms. The van der Waals surface area contributed by atoms with Crippen molar-refractivity contribution in [2.75, 3.05) is 0 Å². The third kappa shape index (κ3) is 1.90. The summed E-state index contributed by atoms with van der Waals surface area (Å²) < 4.78 is 0. The van der Waals surface area contributed by atoms with Crippen molar-refractivity contribution in [2.45, 2.75) is 6.92 Å². The summed E-state index contributed by atoms with van der Waals surface area (Å²) in [7, 11) is 0. The second-order valence-corrected chi connectivity index (χ2v) is 4.44. The summed E-state index contributed by atoms with van der Waals surface area (Å²) in [5.41, 5.74) is 1.26. The summed E-state index contributed by atoms with van der Waals surface area (Å²) in [5.74, 6) is -1.18. The van der Waals surface area contributed by atoms with Gasteiger partial charge in [0.2, 0.25) is 0 Å². The molecule has 0 aliphatic carbocycles. The number of carboxylic acid groups (broad SMARTS) is 1. The van der Waals surface area contributed by atoms with E-state index < -0.39 is 5.97 Å². The van der Waals surface area contributed by atoms with Crippen LogP contribution in [-0.2, 0) is 0 Å². The van der Waals surface area contributed by atoms with E-state index in [4.69, 9.17) is 0 Å². The standard InChI is InChI=1S/C11H9NO3S/c1-6-4-7(5-12-10(6)13)8-2-3-9(16-8)11(14)15/h2-5H,1H3,(H,12,13)(H,14,15)/p-1. The topological polar surface area (TPSA) is 73.0 Å². The van der Waals surface area contributed by atoms with E-state index in [1.165, 1.54) is 6.07 Å². The number of hydrogen-bond donors (Lipinski definition) is 1. The zero-order chi connectivity index (χ0) is 11.7. The zero-order valence-electron chi connectivity index (χ0n) is 8.44. The fourth-order valence-electron chi connectivity index (χ4n) is 1.34. The molecule has 0 aliphatic rings. The molecule has 0 saturated carbocycles. The Kier molecular flexibility index (Phi) is 2.62. The lowest BCUT2D eigenvalue weighted by Crippen LogP contribution is -2.20. The maximum absolute atomic E-state index is 11.2. The Hall–Kier alpha value is -1.88. The zero-order valence-corrected chi connectivity index (χ0v) is 9.26. The quantitative estimate of drug-likeness (QED) is 0.834. The molecule has 1 N–H and O–H groups in total. The summed E-state index contributed by atoms with van der Waals surface area (Å²) in [6.45, 7) is 1.70. The second-order valence-electron chi connectivity index (χ2n) is 3.35. The lowest BCUT2D eigenvalue weighted by molar-refractivity contribution is -0.254. The fraction of sp³-hybridized carbons (Fsp3) is 0.0909. The van der Waals surface area contributed by atoms with E-state index in [0.717, 1.165) is 21.8 Å². The smallest absolute Gasteiger partial charge is 0.250 e. The Morgan fingerprint density at radius 2 is 2.19 bits per heavy atom. The molecule has 2 rings (SSSR count). The van der Waals surface area contributed by atoms with Crippen LogP contribution in [0.25, 0.3) is 10.4 Å². The van der Waals surface area contributed by atoms with Crippen LogP contribution in [0, 0.1) is 6.92 Å². The number of carbonyl (C=O) groups excluding carboxylic acids is 1. The SMILES string of the molecule is Cc1cc(-c2ccc(C(=O)[O-])s2)c[nH]c1=O. The number of aromatic amines is 1. The van der Waals surface area contributed by atoms with Crippen LogP contribution >= 0.6 is 11.3 Å². The van der Waals surface area contributed by atoms with E-state index in [1.807, 2.05) is 0 Å². The number of carbonyl (C=O) groups is 1. The molecule has 0 amide bonds. The highest BCUT2D eigenvalue weighted by Crippen LogP contribution is 2.27. The summed E-state index contributed by atoms with van der Waals surface area (Å²) >= 11 is 1.12. The molecule has 0 aliphatic heterocycles. The molecule has 0 unspecified atom stereocenters. The lowest BCUT2D eigenvalue weighted by atomic mass is 10.2. The molecule has 4 nitrogen and oxygen atoms in total. The van der Waals surface area contributed by atoms with Crippen LogP contribution in [0.5, 0.6) is 0 Å². The second kappa shape index (κ2) is 3.94. The number of nitrogens with one attached hydrogen (secondary N) is 1. The maximum Gasteiger partial charge on any atom is 0.250 e. The summed E-state index contributed by atoms with van der Waals surface area (Å²) in [6, 6.07) is 4.92. The van der Waals surface area contributed by atoms with Crippen LogP contribution < -0.4 is 10.7 Å². The van der Waals surface area contributed by atoms with Crippen molar-refractivity contribution in [2.24, 2.45) is 0 Å². The number of carboxylic acids is 1. The third-order valence-corrected chi connectivity index (χ3v) is 3.29. The largest absolute Gasteiger partial charge is 0.544 e. The van der Waals surface area contributed by atoms with Crippen LogP contribution in [0.15, 0.2) is 29.2 Å². The first-order chi connectivity index (χ1) is 7.58. The number of aromatic carboxylic acids is 1. The van der Waals surface area contributed by atoms with E-state index in [-0.39, 0.29) is 10.4 Å². The number of H-pyrrole nitrogens is 1. The van der Waals surface area contributed by atoms with Gasteiger partial charge in [0.05, 0.1) is 10.8 Å². The lowest BCUT2D eigenvalue weighted by Gasteiger charge is -1.98. The highest BCUT2D eigenvalue weighted by Gasteiger charge is 2.04. The monoisotopic (exact) mass is 234 g/mol. The van der Waals surface area contributed by atoms with Gasteiger partial charge < -0.3 is 14.9 Å². The van der Waals surface area contributed by atoms with Gasteiger partial charge in [0.15, 0.2) is 0 Å². The molecule has 0 saturated heterocycles. The van der Waals surface area contributed by atoms with Crippen LogP contribution in [0.1, 0.15) is 15.2 Å². The molecule has 82 valence electrons. The molecule has 0 atom stereocenters. The van der Waals surface area contributed by atoms with Crippen molar-refractivity contribution in [1.82, 2.24) is 4.98 Å². The summed E-state index contributed by atoms with van der Waals surface area (Å²) in [6.07, 6.45) is 1.57. The fourth-order valence-corrected chi connectivity index (χ4v) is 2.17. The first-order valence-corrected chi connectivity index (χ1v) is 5.40. The Balaban J connectivity index is 2.46. The molecule has 5 heteroatoms. The predicted octanol–water partition coefficient (Wildman–Crippen LogP) is 0.775. The Morgan fingerprint density at radius 1 is 1.44 bits per heavy atom. The summed E-state index contributed by atoms with van der Waals surface area (Å²) in [5, 5.41) is 10.6. The average molecular weight is 234 g/mol. The third-order valence-electron chi connectivity index (χ3n) is 2.18. The minimum Gasteiger partial charge on any atom is -0.544 e. The van der Waals surface area contributed by atoms with Crippen molar-refractivity contribution in [3.05, 3.63) is 45.2 Å². The number of thiophene rings is 1. The van der Waals surface area contributed by atoms with Gasteiger partial charge in [-0.1, -0.05) is 0 Å². The highest BCUT2D eigenvalue weighted by atomic mass is 32.1. The van der Waals surface area contributed by atoms with E-state index in [2.05, 4.69) is 4.98 Å². The minimum atomic E-state index is -1.18. The Bertz CT molecular complexity index is 597. The van der Waals surface area contributed by atoms with Crippen molar-refractivity contribution in [3.8, 4) is 10.4 Å². The molecular formula is C11H8NO3S-. The number of aromatic nitrogens is 1. The highest BCUT2D eigenvalue weighted by molar-refractivity contribution is 7.17. The van der Waals surface area contributed by atoms with E-state index >= 15 is 0 Å². The van der Waals surface area contributed by atoms with Crippen molar-refractivity contribution < 1.29 is 9.90 Å². The van der Waals surface area contributed by atoms with Gasteiger partial charge in [-0.15, -0.1) is 11.3 Å². The molecule has 16 heavy (non-hydrogen) atoms. The number of pyridine rings is 1. The van der Waals surface area contributed by atoms with Crippen molar-refractivity contribution >= 4 is 17.3 Å². The van der Waals surface area contributed by atoms with Gasteiger partial charge >= 0.3 is 0 Å². The van der Waals surface area contributed by atoms with Gasteiger partial charge in [-0.3, -0.25) is 4.79 Å². The number of hydrogen-bond acceptors (Lipinski definition) is 4. The van der Waals surface area contributed by atoms with Gasteiger partial charge in [-0.25, -0.2) is 0 Å². The predicted molar refractivity (Wildman–Crippen MR) is 59.4 cm³/mol. The Morgan fingerprint density at radius 3 is 2.75 bits per heavy atom. The molecule has 0 radical (unpaired) electrons. The molecule has 0 fully saturated rings. The Labute approximate surface area is 95.2 Å². The first kappa shape index (κ1) is 10.6. The van der Waals surface area contributed by atoms with E-state index in [1.54, 1.807) is 25.3 Å².